The molecular formula is C19H27N3O4. The highest BCUT2D eigenvalue weighted by Gasteiger charge is 2.58. The Kier molecular flexibility index (Phi) is 5.48. The van der Waals surface area contributed by atoms with Crippen molar-refractivity contribution in [1.82, 2.24) is 14.7 Å². The molecule has 1 aromatic carbocycles. The van der Waals surface area contributed by atoms with Gasteiger partial charge in [-0.05, 0) is 30.5 Å². The Bertz CT molecular complexity index is 663. The predicted octanol–water partition coefficient (Wildman–Crippen LogP) is 1.22. The third-order valence-corrected chi connectivity index (χ3v) is 5.46. The Morgan fingerprint density at radius 3 is 2.50 bits per heavy atom. The average molecular weight is 361 g/mol. The van der Waals surface area contributed by atoms with Gasteiger partial charge in [0.2, 0.25) is 0 Å². The van der Waals surface area contributed by atoms with Gasteiger partial charge in [-0.25, -0.2) is 4.79 Å². The maximum Gasteiger partial charge on any atom is 0.327 e. The van der Waals surface area contributed by atoms with E-state index in [4.69, 9.17) is 9.47 Å². The summed E-state index contributed by atoms with van der Waals surface area (Å²) in [4.78, 5) is 30.5. The minimum Gasteiger partial charge on any atom is -0.497 e. The number of hydrogen-bond donors (Lipinski definition) is 0. The number of likely N-dealkylation sites (N-methyl/N-ethyl adjacent to an activating group) is 1. The van der Waals surface area contributed by atoms with Crippen LogP contribution in [0.3, 0.4) is 0 Å². The van der Waals surface area contributed by atoms with Gasteiger partial charge in [-0.3, -0.25) is 9.69 Å². The first-order valence-corrected chi connectivity index (χ1v) is 8.96. The number of carbonyl (C=O) groups excluding carboxylic acids is 2. The van der Waals surface area contributed by atoms with Gasteiger partial charge < -0.3 is 19.3 Å². The number of rotatable bonds is 7. The molecule has 7 nitrogen and oxygen atoms in total. The number of benzene rings is 1. The van der Waals surface area contributed by atoms with Crippen LogP contribution in [0.4, 0.5) is 4.79 Å². The molecule has 0 saturated carbocycles. The molecule has 26 heavy (non-hydrogen) atoms. The first kappa shape index (κ1) is 18.7. The summed E-state index contributed by atoms with van der Waals surface area (Å²) in [5.74, 6) is 0.756. The van der Waals surface area contributed by atoms with Gasteiger partial charge in [-0.1, -0.05) is 12.1 Å². The first-order chi connectivity index (χ1) is 12.5. The number of hydrogen-bond acceptors (Lipinski definition) is 5. The summed E-state index contributed by atoms with van der Waals surface area (Å²) in [6.07, 6.45) is 1.57. The average Bonchev–Trinajstić information content (AvgIpc) is 3.16. The number of imide groups is 1. The largest absolute Gasteiger partial charge is 0.497 e. The van der Waals surface area contributed by atoms with Crippen molar-refractivity contribution < 1.29 is 19.1 Å². The van der Waals surface area contributed by atoms with E-state index < -0.39 is 5.54 Å². The Morgan fingerprint density at radius 1 is 1.12 bits per heavy atom. The Morgan fingerprint density at radius 2 is 1.85 bits per heavy atom. The normalized spacial score (nSPS) is 23.5. The van der Waals surface area contributed by atoms with Crippen molar-refractivity contribution in [1.29, 1.82) is 0 Å². The van der Waals surface area contributed by atoms with Crippen LogP contribution in [0.5, 0.6) is 5.75 Å². The lowest BCUT2D eigenvalue weighted by molar-refractivity contribution is -0.132. The number of urea groups is 1. The Balaban J connectivity index is 1.65. The van der Waals surface area contributed by atoms with Gasteiger partial charge in [0, 0.05) is 40.3 Å². The lowest BCUT2D eigenvalue weighted by atomic mass is 9.97. The van der Waals surface area contributed by atoms with E-state index in [0.717, 1.165) is 25.3 Å². The molecule has 1 aromatic rings. The first-order valence-electron chi connectivity index (χ1n) is 8.96. The van der Waals surface area contributed by atoms with E-state index in [2.05, 4.69) is 17.0 Å². The zero-order chi connectivity index (χ0) is 18.7. The van der Waals surface area contributed by atoms with Crippen molar-refractivity contribution >= 4 is 11.9 Å². The molecule has 3 amide bonds. The van der Waals surface area contributed by atoms with Gasteiger partial charge in [-0.15, -0.1) is 0 Å². The van der Waals surface area contributed by atoms with E-state index in [0.29, 0.717) is 26.1 Å². The highest BCUT2D eigenvalue weighted by molar-refractivity contribution is 6.07. The van der Waals surface area contributed by atoms with Crippen LogP contribution in [0, 0.1) is 0 Å². The molecule has 2 aliphatic rings. The van der Waals surface area contributed by atoms with Gasteiger partial charge in [0.15, 0.2) is 0 Å². The molecule has 7 heteroatoms. The van der Waals surface area contributed by atoms with Gasteiger partial charge >= 0.3 is 6.03 Å². The number of nitrogens with zero attached hydrogens (tertiary/aromatic N) is 3. The molecule has 0 aromatic heterocycles. The van der Waals surface area contributed by atoms with E-state index in [1.54, 1.807) is 26.2 Å². The smallest absolute Gasteiger partial charge is 0.327 e. The molecule has 2 saturated heterocycles. The van der Waals surface area contributed by atoms with E-state index in [9.17, 15) is 9.59 Å². The van der Waals surface area contributed by atoms with Crippen molar-refractivity contribution in [2.24, 2.45) is 0 Å². The zero-order valence-electron chi connectivity index (χ0n) is 15.7. The molecule has 1 atom stereocenters. The number of ether oxygens (including phenoxy) is 2. The maximum atomic E-state index is 12.8. The van der Waals surface area contributed by atoms with Gasteiger partial charge in [0.25, 0.3) is 5.91 Å². The highest BCUT2D eigenvalue weighted by Crippen LogP contribution is 2.35. The number of methoxy groups -OCH3 is 2. The summed E-state index contributed by atoms with van der Waals surface area (Å²) in [7, 11) is 4.83. The maximum absolute atomic E-state index is 12.8. The second-order valence-corrected chi connectivity index (χ2v) is 6.95. The van der Waals surface area contributed by atoms with Crippen LogP contribution in [0.1, 0.15) is 12.0 Å². The molecule has 2 heterocycles. The summed E-state index contributed by atoms with van der Waals surface area (Å²) in [5, 5.41) is 0. The van der Waals surface area contributed by atoms with Crippen LogP contribution < -0.4 is 4.74 Å². The van der Waals surface area contributed by atoms with Crippen molar-refractivity contribution in [3.8, 4) is 5.75 Å². The van der Waals surface area contributed by atoms with Crippen molar-refractivity contribution in [2.75, 3.05) is 54.1 Å². The number of likely N-dealkylation sites (tertiary alicyclic amines) is 1. The molecule has 2 aliphatic heterocycles. The van der Waals surface area contributed by atoms with Crippen molar-refractivity contribution in [3.05, 3.63) is 29.8 Å². The minimum atomic E-state index is -0.732. The summed E-state index contributed by atoms with van der Waals surface area (Å²) in [6.45, 7) is 3.13. The summed E-state index contributed by atoms with van der Waals surface area (Å²) < 4.78 is 10.3. The third kappa shape index (κ3) is 3.29. The third-order valence-electron chi connectivity index (χ3n) is 5.46. The summed E-state index contributed by atoms with van der Waals surface area (Å²) >= 11 is 0. The van der Waals surface area contributed by atoms with Gasteiger partial charge in [0.05, 0.1) is 13.7 Å². The molecule has 142 valence electrons. The van der Waals surface area contributed by atoms with Crippen molar-refractivity contribution in [3.63, 3.8) is 0 Å². The Labute approximate surface area is 154 Å². The topological polar surface area (TPSA) is 62.3 Å². The zero-order valence-corrected chi connectivity index (χ0v) is 15.7. The molecule has 1 spiro atoms. The molecule has 0 aliphatic carbocycles. The molecule has 1 unspecified atom stereocenters. The molecule has 3 rings (SSSR count). The van der Waals surface area contributed by atoms with Crippen LogP contribution >= 0.6 is 0 Å². The number of amides is 3. The van der Waals surface area contributed by atoms with E-state index in [1.165, 1.54) is 10.5 Å². The van der Waals surface area contributed by atoms with Gasteiger partial charge in [-0.2, -0.15) is 0 Å². The van der Waals surface area contributed by atoms with E-state index in [-0.39, 0.29) is 11.9 Å². The fourth-order valence-corrected chi connectivity index (χ4v) is 3.91. The van der Waals surface area contributed by atoms with Crippen LogP contribution in [-0.2, 0) is 16.0 Å². The predicted molar refractivity (Wildman–Crippen MR) is 97.2 cm³/mol. The lowest BCUT2D eigenvalue weighted by Gasteiger charge is -2.31. The summed E-state index contributed by atoms with van der Waals surface area (Å²) in [6, 6.07) is 7.83. The second-order valence-electron chi connectivity index (χ2n) is 6.95. The summed E-state index contributed by atoms with van der Waals surface area (Å²) in [5.41, 5.74) is 0.499. The van der Waals surface area contributed by atoms with Crippen LogP contribution in [0.2, 0.25) is 0 Å². The lowest BCUT2D eigenvalue weighted by Crippen LogP contribution is -2.52. The van der Waals surface area contributed by atoms with Crippen LogP contribution in [0.25, 0.3) is 0 Å². The monoisotopic (exact) mass is 361 g/mol. The highest BCUT2D eigenvalue weighted by atomic mass is 16.5. The molecule has 0 radical (unpaired) electrons. The number of carbonyl (C=O) groups is 2. The second kappa shape index (κ2) is 7.63. The van der Waals surface area contributed by atoms with E-state index in [1.807, 2.05) is 12.1 Å². The van der Waals surface area contributed by atoms with Gasteiger partial charge in [0.1, 0.15) is 11.3 Å². The van der Waals surface area contributed by atoms with E-state index >= 15 is 0 Å². The fourth-order valence-electron chi connectivity index (χ4n) is 3.91. The van der Waals surface area contributed by atoms with Crippen LogP contribution in [0.15, 0.2) is 24.3 Å². The molecule has 2 fully saturated rings. The Hall–Kier alpha value is -2.12. The molecular weight excluding hydrogens is 334 g/mol. The molecule has 0 bridgehead atoms. The fraction of sp³-hybridized carbons (Fsp3) is 0.579. The minimum absolute atomic E-state index is 0.0921. The SMILES string of the molecule is COCCN1C(=O)N(C)C(=O)C12CCN(CCc1ccc(OC)cc1)C2. The van der Waals surface area contributed by atoms with Crippen molar-refractivity contribution in [2.45, 2.75) is 18.4 Å². The standard InChI is InChI=1S/C19H27N3O4/c1-20-17(23)19(22(18(20)24)12-13-25-2)9-11-21(14-19)10-8-15-4-6-16(26-3)7-5-15/h4-7H,8-14H2,1-3H3. The quantitative estimate of drug-likeness (QED) is 0.684. The molecule has 0 N–H and O–H groups in total. The van der Waals surface area contributed by atoms with Crippen LogP contribution in [-0.4, -0.2) is 86.2 Å².